The molecule has 1 aromatic carbocycles. The average molecular weight is 293 g/mol. The number of hydrogen-bond donors (Lipinski definition) is 2. The molecule has 0 spiro atoms. The van der Waals surface area contributed by atoms with E-state index in [9.17, 15) is 13.2 Å². The summed E-state index contributed by atoms with van der Waals surface area (Å²) < 4.78 is 23.5. The Bertz CT molecular complexity index is 724. The van der Waals surface area contributed by atoms with Crippen molar-refractivity contribution in [2.24, 2.45) is 16.5 Å². The summed E-state index contributed by atoms with van der Waals surface area (Å²) in [6, 6.07) is 2.82. The number of sulfone groups is 1. The van der Waals surface area contributed by atoms with Gasteiger partial charge in [0, 0.05) is 18.2 Å². The van der Waals surface area contributed by atoms with Gasteiger partial charge in [-0.25, -0.2) is 8.42 Å². The van der Waals surface area contributed by atoms with Crippen LogP contribution < -0.4 is 11.5 Å². The monoisotopic (exact) mass is 293 g/mol. The van der Waals surface area contributed by atoms with E-state index in [4.69, 9.17) is 17.9 Å². The minimum absolute atomic E-state index is 0.00944. The summed E-state index contributed by atoms with van der Waals surface area (Å²) in [4.78, 5) is 15.3. The fraction of sp³-hybridized carbons (Fsp3) is 0.231. The third kappa shape index (κ3) is 3.59. The molecular weight excluding hydrogens is 278 g/mol. The maximum absolute atomic E-state index is 11.8. The summed E-state index contributed by atoms with van der Waals surface area (Å²) >= 11 is 0. The highest BCUT2D eigenvalue weighted by molar-refractivity contribution is 7.90. The van der Waals surface area contributed by atoms with Crippen LogP contribution in [-0.4, -0.2) is 26.5 Å². The molecule has 1 rings (SSSR count). The number of nitrogens with two attached hydrogens (primary N) is 2. The molecule has 0 unspecified atom stereocenters. The van der Waals surface area contributed by atoms with Gasteiger partial charge in [0.15, 0.2) is 15.8 Å². The zero-order valence-corrected chi connectivity index (χ0v) is 12.0. The van der Waals surface area contributed by atoms with Crippen molar-refractivity contribution < 1.29 is 13.2 Å². The Morgan fingerprint density at radius 3 is 2.45 bits per heavy atom. The Balaban J connectivity index is 3.56. The lowest BCUT2D eigenvalue weighted by molar-refractivity contribution is 0.100. The molecule has 6 nitrogen and oxygen atoms in total. The van der Waals surface area contributed by atoms with Gasteiger partial charge in [0.05, 0.1) is 4.90 Å². The first-order valence-corrected chi connectivity index (χ1v) is 7.47. The van der Waals surface area contributed by atoms with Crippen molar-refractivity contribution in [2.45, 2.75) is 18.2 Å². The summed E-state index contributed by atoms with van der Waals surface area (Å²) in [5.41, 5.74) is 11.4. The number of aryl methyl sites for hydroxylation is 1. The van der Waals surface area contributed by atoms with Crippen LogP contribution in [0.2, 0.25) is 0 Å². The third-order valence-corrected chi connectivity index (χ3v) is 3.74. The molecule has 1 aromatic rings. The summed E-state index contributed by atoms with van der Waals surface area (Å²) in [5.74, 6) is 1.31. The Hall–Kier alpha value is -2.33. The van der Waals surface area contributed by atoms with Gasteiger partial charge in [-0.1, -0.05) is 6.07 Å². The van der Waals surface area contributed by atoms with Crippen LogP contribution in [0.1, 0.15) is 21.5 Å². The van der Waals surface area contributed by atoms with Crippen molar-refractivity contribution in [1.82, 2.24) is 0 Å². The third-order valence-electron chi connectivity index (χ3n) is 2.56. The van der Waals surface area contributed by atoms with Gasteiger partial charge in [-0.05, 0) is 24.1 Å². The molecule has 4 N–H and O–H groups in total. The molecule has 0 aromatic heterocycles. The second-order valence-electron chi connectivity index (χ2n) is 4.27. The number of carbonyl (C=O) groups is 1. The Kier molecular flexibility index (Phi) is 4.53. The van der Waals surface area contributed by atoms with Crippen LogP contribution in [0.5, 0.6) is 0 Å². The highest BCUT2D eigenvalue weighted by atomic mass is 32.2. The fourth-order valence-corrected chi connectivity index (χ4v) is 2.69. The van der Waals surface area contributed by atoms with Crippen molar-refractivity contribution >= 4 is 21.7 Å². The van der Waals surface area contributed by atoms with Crippen molar-refractivity contribution in [3.05, 3.63) is 28.8 Å². The van der Waals surface area contributed by atoms with E-state index in [2.05, 4.69) is 10.9 Å². The maximum atomic E-state index is 11.8. The number of nitrogens with zero attached hydrogens (tertiary/aromatic N) is 1. The number of guanidine groups is 1. The first kappa shape index (κ1) is 15.7. The first-order chi connectivity index (χ1) is 9.16. The number of hydrogen-bond acceptors (Lipinski definition) is 3. The standard InChI is InChI=1S/C13H15N3O3S/c1-4-5-9-6-8(2)10(12(17)16-13(14)15)7-11(9)20(3,18)19/h1,6-7H,5H2,2-3H3,(H4,14,15,16,17). The Labute approximate surface area is 117 Å². The fourth-order valence-electron chi connectivity index (χ4n) is 1.75. The number of aliphatic imine (C=N–C) groups is 1. The Morgan fingerprint density at radius 1 is 1.40 bits per heavy atom. The van der Waals surface area contributed by atoms with E-state index in [1.165, 1.54) is 6.07 Å². The number of rotatable bonds is 3. The van der Waals surface area contributed by atoms with Crippen LogP contribution in [0, 0.1) is 19.3 Å². The summed E-state index contributed by atoms with van der Waals surface area (Å²) in [6.45, 7) is 1.65. The molecule has 0 atom stereocenters. The zero-order valence-electron chi connectivity index (χ0n) is 11.2. The number of carbonyl (C=O) groups excluding carboxylic acids is 1. The quantitative estimate of drug-likeness (QED) is 0.462. The van der Waals surface area contributed by atoms with Gasteiger partial charge in [-0.3, -0.25) is 4.79 Å². The molecule has 0 fully saturated rings. The van der Waals surface area contributed by atoms with Crippen molar-refractivity contribution in [2.75, 3.05) is 6.26 Å². The topological polar surface area (TPSA) is 116 Å². The maximum Gasteiger partial charge on any atom is 0.280 e. The number of benzene rings is 1. The lowest BCUT2D eigenvalue weighted by Gasteiger charge is -2.10. The van der Waals surface area contributed by atoms with Gasteiger partial charge in [0.1, 0.15) is 0 Å². The normalized spacial score (nSPS) is 10.7. The molecule has 0 aliphatic carbocycles. The van der Waals surface area contributed by atoms with Crippen LogP contribution in [-0.2, 0) is 16.3 Å². The molecule has 0 radical (unpaired) electrons. The second kappa shape index (κ2) is 5.75. The second-order valence-corrected chi connectivity index (χ2v) is 6.25. The van der Waals surface area contributed by atoms with E-state index in [1.807, 2.05) is 0 Å². The molecule has 106 valence electrons. The van der Waals surface area contributed by atoms with Gasteiger partial charge in [-0.2, -0.15) is 4.99 Å². The average Bonchev–Trinajstić information content (AvgIpc) is 2.26. The SMILES string of the molecule is C#CCc1cc(C)c(C(=O)N=C(N)N)cc1S(C)(=O)=O. The zero-order chi connectivity index (χ0) is 15.5. The van der Waals surface area contributed by atoms with Crippen molar-refractivity contribution in [1.29, 1.82) is 0 Å². The summed E-state index contributed by atoms with van der Waals surface area (Å²) in [6.07, 6.45) is 6.42. The van der Waals surface area contributed by atoms with Crippen LogP contribution in [0.25, 0.3) is 0 Å². The predicted octanol–water partition coefficient (Wildman–Crippen LogP) is -0.0122. The molecule has 20 heavy (non-hydrogen) atoms. The minimum atomic E-state index is -3.52. The van der Waals surface area contributed by atoms with Crippen molar-refractivity contribution in [3.8, 4) is 12.3 Å². The summed E-state index contributed by atoms with van der Waals surface area (Å²) in [7, 11) is -3.52. The van der Waals surface area contributed by atoms with Crippen LogP contribution in [0.3, 0.4) is 0 Å². The molecule has 0 aliphatic heterocycles. The molecule has 7 heteroatoms. The summed E-state index contributed by atoms with van der Waals surface area (Å²) in [5, 5.41) is 0. The van der Waals surface area contributed by atoms with E-state index in [1.54, 1.807) is 13.0 Å². The minimum Gasteiger partial charge on any atom is -0.370 e. The van der Waals surface area contributed by atoms with Gasteiger partial charge in [0.25, 0.3) is 5.91 Å². The van der Waals surface area contributed by atoms with E-state index in [-0.39, 0.29) is 22.8 Å². The molecule has 0 saturated heterocycles. The van der Waals surface area contributed by atoms with Crippen LogP contribution >= 0.6 is 0 Å². The van der Waals surface area contributed by atoms with Crippen molar-refractivity contribution in [3.63, 3.8) is 0 Å². The first-order valence-electron chi connectivity index (χ1n) is 5.57. The van der Waals surface area contributed by atoms with Gasteiger partial charge in [-0.15, -0.1) is 12.3 Å². The molecule has 0 saturated carbocycles. The molecular formula is C13H15N3O3S. The predicted molar refractivity (Wildman–Crippen MR) is 77.0 cm³/mol. The lowest BCUT2D eigenvalue weighted by atomic mass is 10.0. The largest absolute Gasteiger partial charge is 0.370 e. The van der Waals surface area contributed by atoms with Gasteiger partial charge in [0.2, 0.25) is 0 Å². The van der Waals surface area contributed by atoms with Crippen LogP contribution in [0.4, 0.5) is 0 Å². The number of terminal acetylenes is 1. The van der Waals surface area contributed by atoms with E-state index in [0.29, 0.717) is 11.1 Å². The lowest BCUT2D eigenvalue weighted by Crippen LogP contribution is -2.24. The van der Waals surface area contributed by atoms with Gasteiger partial charge >= 0.3 is 0 Å². The molecule has 0 aliphatic rings. The van der Waals surface area contributed by atoms with Crippen LogP contribution in [0.15, 0.2) is 22.0 Å². The smallest absolute Gasteiger partial charge is 0.280 e. The van der Waals surface area contributed by atoms with E-state index in [0.717, 1.165) is 6.26 Å². The highest BCUT2D eigenvalue weighted by Gasteiger charge is 2.18. The molecule has 1 amide bonds. The number of amides is 1. The Morgan fingerprint density at radius 2 is 2.00 bits per heavy atom. The van der Waals surface area contributed by atoms with E-state index >= 15 is 0 Å². The molecule has 0 bridgehead atoms. The van der Waals surface area contributed by atoms with E-state index < -0.39 is 15.7 Å². The van der Waals surface area contributed by atoms with Gasteiger partial charge < -0.3 is 11.5 Å². The molecule has 0 heterocycles. The highest BCUT2D eigenvalue weighted by Crippen LogP contribution is 2.22.